The summed E-state index contributed by atoms with van der Waals surface area (Å²) in [7, 11) is 0. The van der Waals surface area contributed by atoms with E-state index in [1.54, 1.807) is 0 Å². The van der Waals surface area contributed by atoms with Crippen molar-refractivity contribution in [1.82, 2.24) is 0 Å². The van der Waals surface area contributed by atoms with Crippen LogP contribution in [-0.2, 0) is 0 Å². The average molecular weight is 245 g/mol. The number of anilines is 1. The van der Waals surface area contributed by atoms with Gasteiger partial charge in [-0.15, -0.1) is 0 Å². The smallest absolute Gasteiger partial charge is 0.129 e. The van der Waals surface area contributed by atoms with Crippen molar-refractivity contribution in [2.24, 2.45) is 0 Å². The first-order valence-electron chi connectivity index (χ1n) is 6.01. The second-order valence-electron chi connectivity index (χ2n) is 3.91. The minimum absolute atomic E-state index is 0.298. The largest absolute Gasteiger partial charge is 0.457 e. The van der Waals surface area contributed by atoms with Crippen molar-refractivity contribution in [3.63, 3.8) is 0 Å². The van der Waals surface area contributed by atoms with E-state index in [9.17, 15) is 4.39 Å². The number of alkyl halides is 1. The van der Waals surface area contributed by atoms with Crippen molar-refractivity contribution >= 4 is 5.69 Å². The molecule has 0 atom stereocenters. The quantitative estimate of drug-likeness (QED) is 0.768. The molecule has 0 bridgehead atoms. The summed E-state index contributed by atoms with van der Waals surface area (Å²) in [5.74, 6) is 1.57. The molecule has 0 amide bonds. The summed E-state index contributed by atoms with van der Waals surface area (Å²) in [6.45, 7) is 0.332. The molecule has 1 N–H and O–H groups in total. The molecule has 0 aliphatic heterocycles. The molecule has 0 radical (unpaired) electrons. The van der Waals surface area contributed by atoms with Crippen LogP contribution in [0.15, 0.2) is 54.6 Å². The van der Waals surface area contributed by atoms with Crippen LogP contribution in [0, 0.1) is 0 Å². The SMILES string of the molecule is FCCCNc1cccc(Oc2ccccc2)c1. The van der Waals surface area contributed by atoms with Crippen LogP contribution in [0.3, 0.4) is 0 Å². The predicted octanol–water partition coefficient (Wildman–Crippen LogP) is 4.25. The summed E-state index contributed by atoms with van der Waals surface area (Å²) >= 11 is 0. The Bertz CT molecular complexity index is 473. The van der Waals surface area contributed by atoms with Crippen molar-refractivity contribution in [2.45, 2.75) is 6.42 Å². The zero-order valence-corrected chi connectivity index (χ0v) is 10.1. The van der Waals surface area contributed by atoms with Gasteiger partial charge in [0.2, 0.25) is 0 Å². The summed E-state index contributed by atoms with van der Waals surface area (Å²) in [4.78, 5) is 0. The standard InChI is InChI=1S/C15H16FNO/c16-10-5-11-17-13-6-4-9-15(12-13)18-14-7-2-1-3-8-14/h1-4,6-9,12,17H,5,10-11H2. The fraction of sp³-hybridized carbons (Fsp3) is 0.200. The van der Waals surface area contributed by atoms with E-state index in [-0.39, 0.29) is 6.67 Å². The van der Waals surface area contributed by atoms with Gasteiger partial charge in [0.05, 0.1) is 6.67 Å². The Morgan fingerprint density at radius 1 is 0.944 bits per heavy atom. The number of rotatable bonds is 6. The molecule has 0 aliphatic rings. The van der Waals surface area contributed by atoms with Crippen LogP contribution in [0.4, 0.5) is 10.1 Å². The highest BCUT2D eigenvalue weighted by molar-refractivity contribution is 5.49. The predicted molar refractivity (Wildman–Crippen MR) is 72.0 cm³/mol. The van der Waals surface area contributed by atoms with Crippen molar-refractivity contribution < 1.29 is 9.13 Å². The van der Waals surface area contributed by atoms with Crippen LogP contribution in [0.25, 0.3) is 0 Å². The van der Waals surface area contributed by atoms with Crippen LogP contribution < -0.4 is 10.1 Å². The second-order valence-corrected chi connectivity index (χ2v) is 3.91. The lowest BCUT2D eigenvalue weighted by Crippen LogP contribution is -2.01. The summed E-state index contributed by atoms with van der Waals surface area (Å²) in [5.41, 5.74) is 0.942. The average Bonchev–Trinajstić information content (AvgIpc) is 2.41. The Kier molecular flexibility index (Phi) is 4.59. The van der Waals surface area contributed by atoms with E-state index in [4.69, 9.17) is 4.74 Å². The zero-order valence-electron chi connectivity index (χ0n) is 10.1. The fourth-order valence-electron chi connectivity index (χ4n) is 1.59. The van der Waals surface area contributed by atoms with Gasteiger partial charge in [0.1, 0.15) is 11.5 Å². The molecule has 0 spiro atoms. The van der Waals surface area contributed by atoms with Gasteiger partial charge in [-0.2, -0.15) is 0 Å². The molecule has 0 aliphatic carbocycles. The van der Waals surface area contributed by atoms with E-state index in [1.807, 2.05) is 54.6 Å². The number of ether oxygens (including phenoxy) is 1. The molecule has 0 unspecified atom stereocenters. The lowest BCUT2D eigenvalue weighted by molar-refractivity contribution is 0.480. The first-order valence-corrected chi connectivity index (χ1v) is 6.01. The van der Waals surface area contributed by atoms with Crippen molar-refractivity contribution in [3.05, 3.63) is 54.6 Å². The number of halogens is 1. The van der Waals surface area contributed by atoms with Gasteiger partial charge < -0.3 is 10.1 Å². The summed E-state index contributed by atoms with van der Waals surface area (Å²) < 4.78 is 17.7. The van der Waals surface area contributed by atoms with Crippen molar-refractivity contribution in [3.8, 4) is 11.5 Å². The van der Waals surface area contributed by atoms with Gasteiger partial charge in [-0.1, -0.05) is 24.3 Å². The van der Waals surface area contributed by atoms with Crippen LogP contribution in [0.2, 0.25) is 0 Å². The third-order valence-corrected chi connectivity index (χ3v) is 2.45. The number of nitrogens with one attached hydrogen (secondary N) is 1. The van der Waals surface area contributed by atoms with Crippen LogP contribution >= 0.6 is 0 Å². The Labute approximate surface area is 106 Å². The van der Waals surface area contributed by atoms with Gasteiger partial charge in [0, 0.05) is 18.3 Å². The molecule has 2 nitrogen and oxygen atoms in total. The molecule has 2 aromatic carbocycles. The molecular formula is C15H16FNO. The van der Waals surface area contributed by atoms with Crippen molar-refractivity contribution in [2.75, 3.05) is 18.5 Å². The third kappa shape index (κ3) is 3.77. The first kappa shape index (κ1) is 12.4. The highest BCUT2D eigenvalue weighted by Gasteiger charge is 1.98. The molecule has 94 valence electrons. The summed E-state index contributed by atoms with van der Waals surface area (Å²) in [6.07, 6.45) is 0.518. The molecule has 0 saturated heterocycles. The van der Waals surface area contributed by atoms with E-state index in [2.05, 4.69) is 5.32 Å². The van der Waals surface area contributed by atoms with E-state index < -0.39 is 0 Å². The lowest BCUT2D eigenvalue weighted by Gasteiger charge is -2.09. The number of benzene rings is 2. The molecule has 0 heterocycles. The van der Waals surface area contributed by atoms with Gasteiger partial charge in [0.15, 0.2) is 0 Å². The Hall–Kier alpha value is -2.03. The van der Waals surface area contributed by atoms with E-state index in [0.717, 1.165) is 17.2 Å². The fourth-order valence-corrected chi connectivity index (χ4v) is 1.59. The minimum atomic E-state index is -0.298. The van der Waals surface area contributed by atoms with E-state index in [0.29, 0.717) is 13.0 Å². The van der Waals surface area contributed by atoms with Crippen LogP contribution in [0.1, 0.15) is 6.42 Å². The highest BCUT2D eigenvalue weighted by Crippen LogP contribution is 2.23. The minimum Gasteiger partial charge on any atom is -0.457 e. The second kappa shape index (κ2) is 6.64. The van der Waals surface area contributed by atoms with Crippen molar-refractivity contribution in [1.29, 1.82) is 0 Å². The third-order valence-electron chi connectivity index (χ3n) is 2.45. The number of para-hydroxylation sites is 1. The normalized spacial score (nSPS) is 10.1. The Morgan fingerprint density at radius 2 is 1.72 bits per heavy atom. The molecule has 2 aromatic rings. The molecule has 0 fully saturated rings. The van der Waals surface area contributed by atoms with Gasteiger partial charge in [-0.25, -0.2) is 0 Å². The first-order chi connectivity index (χ1) is 8.88. The number of hydrogen-bond acceptors (Lipinski definition) is 2. The van der Waals surface area contributed by atoms with Gasteiger partial charge in [0.25, 0.3) is 0 Å². The molecule has 0 aromatic heterocycles. The topological polar surface area (TPSA) is 21.3 Å². The van der Waals surface area contributed by atoms with E-state index >= 15 is 0 Å². The number of hydrogen-bond donors (Lipinski definition) is 1. The maximum absolute atomic E-state index is 12.0. The maximum atomic E-state index is 12.0. The maximum Gasteiger partial charge on any atom is 0.129 e. The molecule has 18 heavy (non-hydrogen) atoms. The Morgan fingerprint density at radius 3 is 2.50 bits per heavy atom. The van der Waals surface area contributed by atoms with Crippen LogP contribution in [0.5, 0.6) is 11.5 Å². The lowest BCUT2D eigenvalue weighted by atomic mass is 10.3. The van der Waals surface area contributed by atoms with E-state index in [1.165, 1.54) is 0 Å². The molecular weight excluding hydrogens is 229 g/mol. The zero-order chi connectivity index (χ0) is 12.6. The van der Waals surface area contributed by atoms with Gasteiger partial charge >= 0.3 is 0 Å². The summed E-state index contributed by atoms with van der Waals surface area (Å²) in [5, 5.41) is 3.15. The Balaban J connectivity index is 1.99. The van der Waals surface area contributed by atoms with Crippen LogP contribution in [-0.4, -0.2) is 13.2 Å². The van der Waals surface area contributed by atoms with Gasteiger partial charge in [-0.05, 0) is 30.7 Å². The highest BCUT2D eigenvalue weighted by atomic mass is 19.1. The molecule has 2 rings (SSSR count). The molecule has 0 saturated carbocycles. The summed E-state index contributed by atoms with van der Waals surface area (Å²) in [6, 6.07) is 17.3. The van der Waals surface area contributed by atoms with Gasteiger partial charge in [-0.3, -0.25) is 4.39 Å². The molecule has 3 heteroatoms. The monoisotopic (exact) mass is 245 g/mol.